The third-order valence-corrected chi connectivity index (χ3v) is 4.35. The summed E-state index contributed by atoms with van der Waals surface area (Å²) < 4.78 is 5.25. The Morgan fingerprint density at radius 2 is 2.00 bits per heavy atom. The Morgan fingerprint density at radius 1 is 1.19 bits per heavy atom. The van der Waals surface area contributed by atoms with Crippen LogP contribution in [0.15, 0.2) is 48.5 Å². The highest BCUT2D eigenvalue weighted by molar-refractivity contribution is 6.00. The molecule has 0 saturated heterocycles. The molecule has 130 valence electrons. The second-order valence-corrected chi connectivity index (χ2v) is 5.85. The highest BCUT2D eigenvalue weighted by Gasteiger charge is 2.36. The maximum absolute atomic E-state index is 12.3. The number of methoxy groups -OCH3 is 1. The van der Waals surface area contributed by atoms with Gasteiger partial charge >= 0.3 is 0 Å². The number of benzene rings is 2. The lowest BCUT2D eigenvalue weighted by molar-refractivity contribution is -0.384. The van der Waals surface area contributed by atoms with Crippen LogP contribution in [-0.4, -0.2) is 28.1 Å². The molecule has 2 aromatic carbocycles. The lowest BCUT2D eigenvalue weighted by atomic mass is 9.96. The zero-order valence-corrected chi connectivity index (χ0v) is 13.7. The molecule has 1 aliphatic heterocycles. The number of nitrogens with one attached hydrogen (secondary N) is 2. The molecule has 0 aliphatic carbocycles. The lowest BCUT2D eigenvalue weighted by Crippen LogP contribution is -2.21. The van der Waals surface area contributed by atoms with Crippen molar-refractivity contribution in [2.75, 3.05) is 7.11 Å². The maximum atomic E-state index is 12.3. The first-order chi connectivity index (χ1) is 12.6. The quantitative estimate of drug-likeness (QED) is 0.555. The van der Waals surface area contributed by atoms with Crippen molar-refractivity contribution in [3.63, 3.8) is 0 Å². The zero-order chi connectivity index (χ0) is 18.3. The van der Waals surface area contributed by atoms with Crippen LogP contribution in [0.3, 0.4) is 0 Å². The molecule has 1 amide bonds. The van der Waals surface area contributed by atoms with E-state index in [-0.39, 0.29) is 11.6 Å². The van der Waals surface area contributed by atoms with E-state index in [0.29, 0.717) is 28.3 Å². The summed E-state index contributed by atoms with van der Waals surface area (Å²) in [5.41, 5.74) is 3.01. The van der Waals surface area contributed by atoms with Crippen molar-refractivity contribution >= 4 is 11.6 Å². The summed E-state index contributed by atoms with van der Waals surface area (Å²) in [6.45, 7) is 0. The second-order valence-electron chi connectivity index (χ2n) is 5.85. The number of H-pyrrole nitrogens is 1. The monoisotopic (exact) mass is 350 g/mol. The summed E-state index contributed by atoms with van der Waals surface area (Å²) in [4.78, 5) is 22.9. The van der Waals surface area contributed by atoms with Gasteiger partial charge in [0.05, 0.1) is 23.8 Å². The van der Waals surface area contributed by atoms with Gasteiger partial charge in [0.25, 0.3) is 11.6 Å². The maximum Gasteiger partial charge on any atom is 0.270 e. The number of nitro groups is 1. The number of nitrogens with zero attached hydrogens (tertiary/aromatic N) is 2. The molecule has 0 unspecified atom stereocenters. The van der Waals surface area contributed by atoms with Gasteiger partial charge in [-0.15, -0.1) is 0 Å². The van der Waals surface area contributed by atoms with Crippen molar-refractivity contribution in [2.45, 2.75) is 6.04 Å². The molecule has 8 heteroatoms. The molecule has 0 bridgehead atoms. The van der Waals surface area contributed by atoms with E-state index in [1.54, 1.807) is 19.2 Å². The molecule has 0 fully saturated rings. The van der Waals surface area contributed by atoms with Crippen LogP contribution in [0.25, 0.3) is 11.3 Å². The van der Waals surface area contributed by atoms with E-state index in [9.17, 15) is 14.9 Å². The zero-order valence-electron chi connectivity index (χ0n) is 13.7. The predicted octanol–water partition coefficient (Wildman–Crippen LogP) is 2.83. The lowest BCUT2D eigenvalue weighted by Gasteiger charge is -2.13. The molecule has 1 atom stereocenters. The van der Waals surface area contributed by atoms with Crippen molar-refractivity contribution in [3.8, 4) is 17.0 Å². The van der Waals surface area contributed by atoms with Crippen LogP contribution in [0.5, 0.6) is 5.75 Å². The van der Waals surface area contributed by atoms with Crippen LogP contribution in [0.2, 0.25) is 0 Å². The first-order valence-electron chi connectivity index (χ1n) is 7.86. The molecular formula is C18H14N4O4. The first-order valence-corrected chi connectivity index (χ1v) is 7.86. The van der Waals surface area contributed by atoms with E-state index in [1.165, 1.54) is 12.1 Å². The third-order valence-electron chi connectivity index (χ3n) is 4.35. The van der Waals surface area contributed by atoms with Gasteiger partial charge in [0.1, 0.15) is 11.4 Å². The van der Waals surface area contributed by atoms with Crippen molar-refractivity contribution < 1.29 is 14.5 Å². The van der Waals surface area contributed by atoms with E-state index in [4.69, 9.17) is 4.74 Å². The first kappa shape index (κ1) is 15.8. The third kappa shape index (κ3) is 2.48. The molecule has 0 saturated carbocycles. The van der Waals surface area contributed by atoms with Gasteiger partial charge in [-0.05, 0) is 17.7 Å². The predicted molar refractivity (Wildman–Crippen MR) is 93.0 cm³/mol. The number of aromatic nitrogens is 2. The topological polar surface area (TPSA) is 110 Å². The number of nitro benzene ring substituents is 1. The minimum Gasteiger partial charge on any atom is -0.497 e. The molecule has 26 heavy (non-hydrogen) atoms. The Labute approximate surface area is 148 Å². The molecular weight excluding hydrogens is 336 g/mol. The molecule has 2 heterocycles. The number of carbonyl (C=O) groups excluding carboxylic acids is 1. The summed E-state index contributed by atoms with van der Waals surface area (Å²) in [5, 5.41) is 21.0. The number of hydrogen-bond donors (Lipinski definition) is 2. The number of carbonyl (C=O) groups is 1. The minimum absolute atomic E-state index is 0.0309. The van der Waals surface area contributed by atoms with Crippen molar-refractivity contribution in [1.82, 2.24) is 15.5 Å². The van der Waals surface area contributed by atoms with Crippen molar-refractivity contribution in [3.05, 3.63) is 75.5 Å². The highest BCUT2D eigenvalue weighted by Crippen LogP contribution is 2.38. The van der Waals surface area contributed by atoms with Crippen LogP contribution in [0, 0.1) is 10.1 Å². The molecule has 0 spiro atoms. The van der Waals surface area contributed by atoms with E-state index in [0.717, 1.165) is 5.56 Å². The van der Waals surface area contributed by atoms with Gasteiger partial charge in [-0.1, -0.05) is 24.3 Å². The Hall–Kier alpha value is -3.68. The number of rotatable bonds is 4. The summed E-state index contributed by atoms with van der Waals surface area (Å²) >= 11 is 0. The van der Waals surface area contributed by atoms with Crippen molar-refractivity contribution in [2.24, 2.45) is 0 Å². The SMILES string of the molecule is COc1cccc(-c2n[nH]c3c2[C@H](c2cccc([N+](=O)[O-])c2)NC3=O)c1. The van der Waals surface area contributed by atoms with Gasteiger partial charge in [-0.3, -0.25) is 20.0 Å². The number of aromatic amines is 1. The largest absolute Gasteiger partial charge is 0.497 e. The van der Waals surface area contributed by atoms with Gasteiger partial charge in [0, 0.05) is 23.3 Å². The Kier molecular flexibility index (Phi) is 3.65. The van der Waals surface area contributed by atoms with E-state index < -0.39 is 11.0 Å². The number of amides is 1. The average Bonchev–Trinajstić information content (AvgIpc) is 3.23. The molecule has 1 aromatic heterocycles. The highest BCUT2D eigenvalue weighted by atomic mass is 16.6. The standard InChI is InChI=1S/C18H14N4O4/c1-26-13-7-3-5-11(9-13)16-14-15(19-18(23)17(14)21-20-16)10-4-2-6-12(8-10)22(24)25/h2-9,15H,1H3,(H,19,23)(H,20,21)/t15-/m0/s1. The molecule has 2 N–H and O–H groups in total. The molecule has 0 radical (unpaired) electrons. The fraction of sp³-hybridized carbons (Fsp3) is 0.111. The fourth-order valence-corrected chi connectivity index (χ4v) is 3.14. The minimum atomic E-state index is -0.516. The number of hydrogen-bond acceptors (Lipinski definition) is 5. The summed E-state index contributed by atoms with van der Waals surface area (Å²) in [6, 6.07) is 13.0. The van der Waals surface area contributed by atoms with Crippen LogP contribution in [0.4, 0.5) is 5.69 Å². The number of ether oxygens (including phenoxy) is 1. The normalized spacial score (nSPS) is 15.4. The van der Waals surface area contributed by atoms with Crippen LogP contribution >= 0.6 is 0 Å². The van der Waals surface area contributed by atoms with E-state index >= 15 is 0 Å². The van der Waals surface area contributed by atoms with Crippen LogP contribution in [-0.2, 0) is 0 Å². The van der Waals surface area contributed by atoms with E-state index in [1.807, 2.05) is 24.3 Å². The molecule has 4 rings (SSSR count). The van der Waals surface area contributed by atoms with Gasteiger partial charge in [0.2, 0.25) is 0 Å². The fourth-order valence-electron chi connectivity index (χ4n) is 3.14. The van der Waals surface area contributed by atoms with Crippen molar-refractivity contribution in [1.29, 1.82) is 0 Å². The molecule has 1 aliphatic rings. The Balaban J connectivity index is 1.84. The molecule has 8 nitrogen and oxygen atoms in total. The van der Waals surface area contributed by atoms with Gasteiger partial charge < -0.3 is 10.1 Å². The Morgan fingerprint density at radius 3 is 2.77 bits per heavy atom. The summed E-state index contributed by atoms with van der Waals surface area (Å²) in [7, 11) is 1.57. The number of non-ortho nitro benzene ring substituents is 1. The van der Waals surface area contributed by atoms with Gasteiger partial charge in [-0.2, -0.15) is 5.10 Å². The number of fused-ring (bicyclic) bond motifs is 1. The molecule has 3 aromatic rings. The average molecular weight is 350 g/mol. The Bertz CT molecular complexity index is 1030. The van der Waals surface area contributed by atoms with Gasteiger partial charge in [0.15, 0.2) is 0 Å². The second kappa shape index (κ2) is 5.99. The van der Waals surface area contributed by atoms with E-state index in [2.05, 4.69) is 15.5 Å². The van der Waals surface area contributed by atoms with Crippen LogP contribution < -0.4 is 10.1 Å². The van der Waals surface area contributed by atoms with Crippen LogP contribution in [0.1, 0.15) is 27.7 Å². The summed E-state index contributed by atoms with van der Waals surface area (Å²) in [5.74, 6) is 0.376. The van der Waals surface area contributed by atoms with Gasteiger partial charge in [-0.25, -0.2) is 0 Å². The smallest absolute Gasteiger partial charge is 0.270 e. The summed E-state index contributed by atoms with van der Waals surface area (Å²) in [6.07, 6.45) is 0.